The van der Waals surface area contributed by atoms with Crippen LogP contribution in [0.1, 0.15) is 12.8 Å². The lowest BCUT2D eigenvalue weighted by atomic mass is 10.2. The van der Waals surface area contributed by atoms with Gasteiger partial charge in [-0.2, -0.15) is 0 Å². The van der Waals surface area contributed by atoms with Crippen molar-refractivity contribution in [3.63, 3.8) is 0 Å². The third-order valence-electron chi connectivity index (χ3n) is 4.58. The SMILES string of the molecule is O=C(CN1C(=O)COc2cc(Br)ccc21)NNc1ccc(S(=O)(=O)NC2CC2)cc1. The Labute approximate surface area is 181 Å². The Bertz CT molecular complexity index is 1090. The van der Waals surface area contributed by atoms with Crippen molar-refractivity contribution >= 4 is 49.1 Å². The highest BCUT2D eigenvalue weighted by atomic mass is 79.9. The van der Waals surface area contributed by atoms with Gasteiger partial charge in [0.15, 0.2) is 6.61 Å². The minimum Gasteiger partial charge on any atom is -0.482 e. The quantitative estimate of drug-likeness (QED) is 0.505. The molecule has 3 N–H and O–H groups in total. The highest BCUT2D eigenvalue weighted by molar-refractivity contribution is 9.10. The monoisotopic (exact) mass is 494 g/mol. The van der Waals surface area contributed by atoms with Crippen molar-refractivity contribution in [2.24, 2.45) is 0 Å². The Morgan fingerprint density at radius 2 is 1.90 bits per heavy atom. The summed E-state index contributed by atoms with van der Waals surface area (Å²) < 4.78 is 33.2. The summed E-state index contributed by atoms with van der Waals surface area (Å²) in [6.07, 6.45) is 1.72. The lowest BCUT2D eigenvalue weighted by molar-refractivity contribution is -0.125. The molecular formula is C19H19BrN4O5S. The molecule has 2 aromatic carbocycles. The first-order chi connectivity index (χ1) is 14.3. The highest BCUT2D eigenvalue weighted by Crippen LogP contribution is 2.34. The van der Waals surface area contributed by atoms with E-state index < -0.39 is 15.9 Å². The summed E-state index contributed by atoms with van der Waals surface area (Å²) >= 11 is 3.34. The van der Waals surface area contributed by atoms with Gasteiger partial charge in [0.2, 0.25) is 10.0 Å². The summed E-state index contributed by atoms with van der Waals surface area (Å²) in [5, 5.41) is 0. The second-order valence-corrected chi connectivity index (χ2v) is 9.60. The molecule has 0 bridgehead atoms. The molecule has 158 valence electrons. The molecule has 1 heterocycles. The van der Waals surface area contributed by atoms with Crippen LogP contribution in [-0.2, 0) is 19.6 Å². The normalized spacial score (nSPS) is 15.9. The molecule has 0 atom stereocenters. The van der Waals surface area contributed by atoms with Crippen LogP contribution in [0.25, 0.3) is 0 Å². The third-order valence-corrected chi connectivity index (χ3v) is 6.61. The van der Waals surface area contributed by atoms with Crippen LogP contribution in [0.2, 0.25) is 0 Å². The molecule has 2 aliphatic rings. The number of ether oxygens (including phenoxy) is 1. The second-order valence-electron chi connectivity index (χ2n) is 6.97. The highest BCUT2D eigenvalue weighted by Gasteiger charge is 2.28. The van der Waals surface area contributed by atoms with Gasteiger partial charge in [-0.3, -0.25) is 25.3 Å². The van der Waals surface area contributed by atoms with Crippen molar-refractivity contribution < 1.29 is 22.7 Å². The molecule has 0 radical (unpaired) electrons. The summed E-state index contributed by atoms with van der Waals surface area (Å²) in [6.45, 7) is -0.337. The van der Waals surface area contributed by atoms with Gasteiger partial charge in [0, 0.05) is 10.5 Å². The Kier molecular flexibility index (Phi) is 5.67. The predicted molar refractivity (Wildman–Crippen MR) is 114 cm³/mol. The van der Waals surface area contributed by atoms with E-state index in [0.29, 0.717) is 17.1 Å². The van der Waals surface area contributed by atoms with E-state index in [2.05, 4.69) is 31.5 Å². The minimum absolute atomic E-state index is 0.0289. The van der Waals surface area contributed by atoms with Crippen molar-refractivity contribution in [1.29, 1.82) is 0 Å². The zero-order chi connectivity index (χ0) is 21.3. The number of benzene rings is 2. The van der Waals surface area contributed by atoms with Gasteiger partial charge in [-0.1, -0.05) is 15.9 Å². The average Bonchev–Trinajstić information content (AvgIpc) is 3.52. The van der Waals surface area contributed by atoms with Crippen molar-refractivity contribution in [2.75, 3.05) is 23.5 Å². The van der Waals surface area contributed by atoms with Crippen LogP contribution in [0, 0.1) is 0 Å². The second kappa shape index (κ2) is 8.25. The molecule has 11 heteroatoms. The van der Waals surface area contributed by atoms with E-state index in [0.717, 1.165) is 17.3 Å². The number of nitrogens with one attached hydrogen (secondary N) is 3. The van der Waals surface area contributed by atoms with Crippen molar-refractivity contribution in [1.82, 2.24) is 10.1 Å². The maximum atomic E-state index is 12.3. The number of carbonyl (C=O) groups is 2. The Morgan fingerprint density at radius 3 is 2.60 bits per heavy atom. The molecule has 9 nitrogen and oxygen atoms in total. The van der Waals surface area contributed by atoms with Gasteiger partial charge < -0.3 is 4.74 Å². The number of amides is 2. The number of hydrogen-bond acceptors (Lipinski definition) is 6. The summed E-state index contributed by atoms with van der Waals surface area (Å²) in [4.78, 5) is 26.0. The summed E-state index contributed by atoms with van der Waals surface area (Å²) in [7, 11) is -3.53. The molecule has 2 amide bonds. The van der Waals surface area contributed by atoms with Crippen LogP contribution >= 0.6 is 15.9 Å². The maximum absolute atomic E-state index is 12.3. The van der Waals surface area contributed by atoms with Crippen LogP contribution in [-0.4, -0.2) is 39.4 Å². The number of hydrogen-bond donors (Lipinski definition) is 3. The van der Waals surface area contributed by atoms with Crippen LogP contribution < -0.4 is 25.2 Å². The van der Waals surface area contributed by atoms with E-state index in [4.69, 9.17) is 4.74 Å². The average molecular weight is 495 g/mol. The number of anilines is 2. The lowest BCUT2D eigenvalue weighted by Crippen LogP contribution is -2.46. The number of sulfonamides is 1. The van der Waals surface area contributed by atoms with Crippen LogP contribution in [0.15, 0.2) is 51.8 Å². The van der Waals surface area contributed by atoms with E-state index >= 15 is 0 Å². The fourth-order valence-electron chi connectivity index (χ4n) is 2.88. The molecule has 0 spiro atoms. The van der Waals surface area contributed by atoms with E-state index in [1.165, 1.54) is 17.0 Å². The molecule has 2 aromatic rings. The predicted octanol–water partition coefficient (Wildman–Crippen LogP) is 1.76. The van der Waals surface area contributed by atoms with Gasteiger partial charge in [0.1, 0.15) is 12.3 Å². The van der Waals surface area contributed by atoms with Gasteiger partial charge in [0.25, 0.3) is 11.8 Å². The molecule has 30 heavy (non-hydrogen) atoms. The first kappa shape index (κ1) is 20.6. The Balaban J connectivity index is 1.35. The van der Waals surface area contributed by atoms with Gasteiger partial charge in [0.05, 0.1) is 16.3 Å². The zero-order valence-corrected chi connectivity index (χ0v) is 18.1. The molecule has 0 aromatic heterocycles. The van der Waals surface area contributed by atoms with E-state index in [-0.39, 0.29) is 30.0 Å². The number of rotatable bonds is 7. The number of hydrazine groups is 1. The molecule has 0 unspecified atom stereocenters. The molecule has 0 saturated heterocycles. The molecular weight excluding hydrogens is 476 g/mol. The van der Waals surface area contributed by atoms with Crippen LogP contribution in [0.3, 0.4) is 0 Å². The van der Waals surface area contributed by atoms with Gasteiger partial charge in [-0.15, -0.1) is 0 Å². The summed E-state index contributed by atoms with van der Waals surface area (Å²) in [6, 6.07) is 11.2. The van der Waals surface area contributed by atoms with Crippen molar-refractivity contribution in [3.05, 3.63) is 46.9 Å². The van der Waals surface area contributed by atoms with E-state index in [9.17, 15) is 18.0 Å². The Hall–Kier alpha value is -2.63. The fraction of sp³-hybridized carbons (Fsp3) is 0.263. The molecule has 1 saturated carbocycles. The van der Waals surface area contributed by atoms with Crippen LogP contribution in [0.5, 0.6) is 5.75 Å². The molecule has 1 aliphatic carbocycles. The summed E-state index contributed by atoms with van der Waals surface area (Å²) in [5.74, 6) is -0.245. The zero-order valence-electron chi connectivity index (χ0n) is 15.7. The van der Waals surface area contributed by atoms with Crippen molar-refractivity contribution in [2.45, 2.75) is 23.8 Å². The van der Waals surface area contributed by atoms with Gasteiger partial charge in [-0.05, 0) is 55.3 Å². The number of carbonyl (C=O) groups excluding carboxylic acids is 2. The van der Waals surface area contributed by atoms with Gasteiger partial charge >= 0.3 is 0 Å². The first-order valence-corrected chi connectivity index (χ1v) is 11.5. The molecule has 4 rings (SSSR count). The largest absolute Gasteiger partial charge is 0.482 e. The Morgan fingerprint density at radius 1 is 1.17 bits per heavy atom. The third kappa shape index (κ3) is 4.74. The smallest absolute Gasteiger partial charge is 0.265 e. The molecule has 1 aliphatic heterocycles. The van der Waals surface area contributed by atoms with Crippen molar-refractivity contribution in [3.8, 4) is 5.75 Å². The lowest BCUT2D eigenvalue weighted by Gasteiger charge is -2.29. The number of nitrogens with zero attached hydrogens (tertiary/aromatic N) is 1. The van der Waals surface area contributed by atoms with Crippen LogP contribution in [0.4, 0.5) is 11.4 Å². The van der Waals surface area contributed by atoms with E-state index in [1.54, 1.807) is 30.3 Å². The topological polar surface area (TPSA) is 117 Å². The fourth-order valence-corrected chi connectivity index (χ4v) is 4.53. The minimum atomic E-state index is -3.53. The number of fused-ring (bicyclic) bond motifs is 1. The maximum Gasteiger partial charge on any atom is 0.265 e. The van der Waals surface area contributed by atoms with E-state index in [1.807, 2.05) is 0 Å². The standard InChI is InChI=1S/C19H19BrN4O5S/c20-12-1-8-16-17(9-12)29-11-19(26)24(16)10-18(25)22-21-13-4-6-15(7-5-13)30(27,28)23-14-2-3-14/h1,4-9,14,21,23H,2-3,10-11H2,(H,22,25). The van der Waals surface area contributed by atoms with Gasteiger partial charge in [-0.25, -0.2) is 13.1 Å². The number of halogens is 1. The molecule has 1 fully saturated rings. The first-order valence-electron chi connectivity index (χ1n) is 9.22. The summed E-state index contributed by atoms with van der Waals surface area (Å²) in [5.41, 5.74) is 6.26.